The van der Waals surface area contributed by atoms with Crippen LogP contribution >= 0.6 is 15.9 Å². The summed E-state index contributed by atoms with van der Waals surface area (Å²) < 4.78 is 6.51. The summed E-state index contributed by atoms with van der Waals surface area (Å²) in [6, 6.07) is 13.3. The lowest BCUT2D eigenvalue weighted by Gasteiger charge is -2.19. The van der Waals surface area contributed by atoms with Crippen LogP contribution in [0.15, 0.2) is 46.9 Å². The summed E-state index contributed by atoms with van der Waals surface area (Å²) in [6.07, 6.45) is 1.99. The first-order valence-electron chi connectivity index (χ1n) is 6.31. The zero-order valence-electron chi connectivity index (χ0n) is 10.4. The Kier molecular flexibility index (Phi) is 3.38. The summed E-state index contributed by atoms with van der Waals surface area (Å²) in [6.45, 7) is 0.688. The molecule has 0 spiro atoms. The van der Waals surface area contributed by atoms with Gasteiger partial charge in [0, 0.05) is 10.0 Å². The van der Waals surface area contributed by atoms with E-state index in [1.165, 1.54) is 0 Å². The van der Waals surface area contributed by atoms with Gasteiger partial charge in [-0.1, -0.05) is 40.2 Å². The minimum Gasteiger partial charge on any atom is -0.493 e. The average Bonchev–Trinajstić information content (AvgIpc) is 2.46. The molecule has 2 aromatic rings. The second-order valence-electron chi connectivity index (χ2n) is 4.55. The summed E-state index contributed by atoms with van der Waals surface area (Å²) in [5, 5.41) is 0. The number of ketones is 1. The van der Waals surface area contributed by atoms with Crippen LogP contribution < -0.4 is 4.74 Å². The van der Waals surface area contributed by atoms with E-state index in [1.807, 2.05) is 42.5 Å². The highest BCUT2D eigenvalue weighted by Gasteiger charge is 2.21. The lowest BCUT2D eigenvalue weighted by molar-refractivity contribution is 0.103. The summed E-state index contributed by atoms with van der Waals surface area (Å²) in [7, 11) is 0. The Balaban J connectivity index is 2.08. The number of hydrogen-bond donors (Lipinski definition) is 0. The normalized spacial score (nSPS) is 13.5. The summed E-state index contributed by atoms with van der Waals surface area (Å²) >= 11 is 3.43. The van der Waals surface area contributed by atoms with Crippen molar-refractivity contribution in [3.8, 4) is 5.75 Å². The van der Waals surface area contributed by atoms with Crippen LogP contribution in [0.3, 0.4) is 0 Å². The van der Waals surface area contributed by atoms with Crippen molar-refractivity contribution in [3.05, 3.63) is 63.6 Å². The fourth-order valence-corrected chi connectivity index (χ4v) is 2.82. The van der Waals surface area contributed by atoms with Gasteiger partial charge in [0.2, 0.25) is 0 Å². The SMILES string of the molecule is O=C(c1ccccc1Br)c1cccc2c1OCCC2. The van der Waals surface area contributed by atoms with Gasteiger partial charge in [0.15, 0.2) is 5.78 Å². The van der Waals surface area contributed by atoms with Crippen LogP contribution in [-0.4, -0.2) is 12.4 Å². The molecular formula is C16H13BrO2. The summed E-state index contributed by atoms with van der Waals surface area (Å²) in [5.41, 5.74) is 2.46. The standard InChI is InChI=1S/C16H13BrO2/c17-14-9-2-1-7-12(14)15(18)13-8-3-5-11-6-4-10-19-16(11)13/h1-3,5,7-9H,4,6,10H2. The van der Waals surface area contributed by atoms with Crippen molar-refractivity contribution in [2.24, 2.45) is 0 Å². The lowest BCUT2D eigenvalue weighted by Crippen LogP contribution is -2.13. The van der Waals surface area contributed by atoms with Gasteiger partial charge in [0.1, 0.15) is 5.75 Å². The number of aryl methyl sites for hydroxylation is 1. The van der Waals surface area contributed by atoms with Crippen LogP contribution in [0, 0.1) is 0 Å². The van der Waals surface area contributed by atoms with Crippen LogP contribution in [0.5, 0.6) is 5.75 Å². The molecule has 0 saturated heterocycles. The van der Waals surface area contributed by atoms with Gasteiger partial charge in [0.05, 0.1) is 12.2 Å². The molecule has 3 rings (SSSR count). The van der Waals surface area contributed by atoms with E-state index in [9.17, 15) is 4.79 Å². The summed E-state index contributed by atoms with van der Waals surface area (Å²) in [4.78, 5) is 12.6. The first-order chi connectivity index (χ1) is 9.27. The number of fused-ring (bicyclic) bond motifs is 1. The van der Waals surface area contributed by atoms with E-state index in [4.69, 9.17) is 4.74 Å². The zero-order valence-corrected chi connectivity index (χ0v) is 11.9. The molecule has 19 heavy (non-hydrogen) atoms. The molecule has 0 fully saturated rings. The van der Waals surface area contributed by atoms with Gasteiger partial charge in [-0.3, -0.25) is 4.79 Å². The highest BCUT2D eigenvalue weighted by Crippen LogP contribution is 2.31. The van der Waals surface area contributed by atoms with Crippen LogP contribution in [0.4, 0.5) is 0 Å². The Morgan fingerprint density at radius 3 is 2.68 bits per heavy atom. The Bertz CT molecular complexity index is 634. The van der Waals surface area contributed by atoms with Crippen LogP contribution in [-0.2, 0) is 6.42 Å². The average molecular weight is 317 g/mol. The summed E-state index contributed by atoms with van der Waals surface area (Å²) in [5.74, 6) is 0.765. The van der Waals surface area contributed by atoms with Crippen LogP contribution in [0.1, 0.15) is 27.9 Å². The van der Waals surface area contributed by atoms with Crippen molar-refractivity contribution in [2.45, 2.75) is 12.8 Å². The van der Waals surface area contributed by atoms with Gasteiger partial charge in [-0.25, -0.2) is 0 Å². The van der Waals surface area contributed by atoms with Crippen molar-refractivity contribution >= 4 is 21.7 Å². The van der Waals surface area contributed by atoms with Crippen molar-refractivity contribution in [3.63, 3.8) is 0 Å². The van der Waals surface area contributed by atoms with Crippen LogP contribution in [0.25, 0.3) is 0 Å². The Morgan fingerprint density at radius 1 is 1.05 bits per heavy atom. The second-order valence-corrected chi connectivity index (χ2v) is 5.41. The van der Waals surface area contributed by atoms with E-state index in [1.54, 1.807) is 0 Å². The van der Waals surface area contributed by atoms with E-state index in [0.29, 0.717) is 17.7 Å². The third kappa shape index (κ3) is 2.30. The molecule has 1 aliphatic rings. The third-order valence-corrected chi connectivity index (χ3v) is 3.99. The predicted octanol–water partition coefficient (Wildman–Crippen LogP) is 4.01. The monoisotopic (exact) mass is 316 g/mol. The first kappa shape index (κ1) is 12.4. The molecule has 0 aromatic heterocycles. The molecule has 0 bridgehead atoms. The molecule has 2 aromatic carbocycles. The van der Waals surface area contributed by atoms with Gasteiger partial charge < -0.3 is 4.74 Å². The van der Waals surface area contributed by atoms with Crippen molar-refractivity contribution in [2.75, 3.05) is 6.61 Å². The highest BCUT2D eigenvalue weighted by atomic mass is 79.9. The maximum Gasteiger partial charge on any atom is 0.197 e. The largest absolute Gasteiger partial charge is 0.493 e. The van der Waals surface area contributed by atoms with Crippen LogP contribution in [0.2, 0.25) is 0 Å². The van der Waals surface area contributed by atoms with Gasteiger partial charge in [0.25, 0.3) is 0 Å². The molecule has 1 aliphatic heterocycles. The molecule has 0 aliphatic carbocycles. The Hall–Kier alpha value is -1.61. The molecule has 0 radical (unpaired) electrons. The quantitative estimate of drug-likeness (QED) is 0.783. The number of benzene rings is 2. The Morgan fingerprint density at radius 2 is 1.84 bits per heavy atom. The number of carbonyl (C=O) groups is 1. The number of rotatable bonds is 2. The van der Waals surface area contributed by atoms with Gasteiger partial charge in [-0.05, 0) is 36.6 Å². The molecule has 0 N–H and O–H groups in total. The van der Waals surface area contributed by atoms with Crippen molar-refractivity contribution in [1.29, 1.82) is 0 Å². The topological polar surface area (TPSA) is 26.3 Å². The molecule has 0 atom stereocenters. The molecular weight excluding hydrogens is 304 g/mol. The van der Waals surface area contributed by atoms with E-state index in [0.717, 1.165) is 28.6 Å². The maximum absolute atomic E-state index is 12.6. The third-order valence-electron chi connectivity index (χ3n) is 3.30. The Labute approximate surface area is 120 Å². The van der Waals surface area contributed by atoms with Gasteiger partial charge >= 0.3 is 0 Å². The number of para-hydroxylation sites is 1. The van der Waals surface area contributed by atoms with E-state index in [-0.39, 0.29) is 5.78 Å². The fraction of sp³-hybridized carbons (Fsp3) is 0.188. The molecule has 2 nitrogen and oxygen atoms in total. The van der Waals surface area contributed by atoms with Gasteiger partial charge in [-0.2, -0.15) is 0 Å². The smallest absolute Gasteiger partial charge is 0.197 e. The number of carbonyl (C=O) groups excluding carboxylic acids is 1. The predicted molar refractivity (Wildman–Crippen MR) is 77.8 cm³/mol. The lowest BCUT2D eigenvalue weighted by atomic mass is 9.97. The van der Waals surface area contributed by atoms with Crippen molar-refractivity contribution < 1.29 is 9.53 Å². The van der Waals surface area contributed by atoms with E-state index >= 15 is 0 Å². The zero-order chi connectivity index (χ0) is 13.2. The van der Waals surface area contributed by atoms with E-state index in [2.05, 4.69) is 15.9 Å². The first-order valence-corrected chi connectivity index (χ1v) is 7.10. The van der Waals surface area contributed by atoms with Crippen molar-refractivity contribution in [1.82, 2.24) is 0 Å². The molecule has 0 unspecified atom stereocenters. The number of ether oxygens (including phenoxy) is 1. The van der Waals surface area contributed by atoms with Gasteiger partial charge in [-0.15, -0.1) is 0 Å². The molecule has 0 saturated carbocycles. The second kappa shape index (κ2) is 5.17. The maximum atomic E-state index is 12.6. The highest BCUT2D eigenvalue weighted by molar-refractivity contribution is 9.10. The molecule has 96 valence electrons. The number of hydrogen-bond acceptors (Lipinski definition) is 2. The fourth-order valence-electron chi connectivity index (χ4n) is 2.36. The molecule has 0 amide bonds. The van der Waals surface area contributed by atoms with E-state index < -0.39 is 0 Å². The minimum absolute atomic E-state index is 0.00576. The number of halogens is 1. The molecule has 3 heteroatoms. The molecule has 1 heterocycles. The minimum atomic E-state index is 0.00576.